The van der Waals surface area contributed by atoms with Crippen LogP contribution < -0.4 is 4.90 Å². The molecule has 0 saturated heterocycles. The van der Waals surface area contributed by atoms with Crippen LogP contribution in [0, 0.1) is 6.92 Å². The highest BCUT2D eigenvalue weighted by Gasteiger charge is 2.20. The smallest absolute Gasteiger partial charge is 0.337 e. The molecule has 0 radical (unpaired) electrons. The Morgan fingerprint density at radius 2 is 2.05 bits per heavy atom. The number of carboxylic acids is 1. The molecular weight excluding hydrogens is 258 g/mol. The van der Waals surface area contributed by atoms with Crippen molar-refractivity contribution in [3.63, 3.8) is 0 Å². The predicted molar refractivity (Wildman–Crippen MR) is 78.7 cm³/mol. The van der Waals surface area contributed by atoms with E-state index in [-0.39, 0.29) is 6.04 Å². The van der Waals surface area contributed by atoms with E-state index in [9.17, 15) is 9.90 Å². The lowest BCUT2D eigenvalue weighted by atomic mass is 10.1. The summed E-state index contributed by atoms with van der Waals surface area (Å²) in [6.07, 6.45) is 0. The SMILES string of the molecule is COCCN(c1ccc(C)cc1C(=O)O)C(C)COC. The number of hydrogen-bond acceptors (Lipinski definition) is 4. The Labute approximate surface area is 120 Å². The minimum Gasteiger partial charge on any atom is -0.478 e. The molecule has 0 heterocycles. The van der Waals surface area contributed by atoms with Crippen molar-refractivity contribution in [3.05, 3.63) is 29.3 Å². The predicted octanol–water partition coefficient (Wildman–Crippen LogP) is 2.18. The zero-order chi connectivity index (χ0) is 15.1. The molecule has 1 aromatic carbocycles. The number of carboxylic acid groups (broad SMARTS) is 1. The summed E-state index contributed by atoms with van der Waals surface area (Å²) in [4.78, 5) is 13.5. The van der Waals surface area contributed by atoms with E-state index in [0.29, 0.717) is 31.0 Å². The molecule has 1 rings (SSSR count). The van der Waals surface area contributed by atoms with Crippen LogP contribution in [0.2, 0.25) is 0 Å². The molecule has 1 atom stereocenters. The van der Waals surface area contributed by atoms with Gasteiger partial charge in [-0.3, -0.25) is 0 Å². The van der Waals surface area contributed by atoms with Crippen LogP contribution >= 0.6 is 0 Å². The van der Waals surface area contributed by atoms with Crippen LogP contribution in [0.3, 0.4) is 0 Å². The van der Waals surface area contributed by atoms with E-state index in [2.05, 4.69) is 0 Å². The van der Waals surface area contributed by atoms with Crippen molar-refractivity contribution in [3.8, 4) is 0 Å². The van der Waals surface area contributed by atoms with Crippen molar-refractivity contribution in [1.82, 2.24) is 0 Å². The van der Waals surface area contributed by atoms with Gasteiger partial charge in [-0.25, -0.2) is 4.79 Å². The van der Waals surface area contributed by atoms with Gasteiger partial charge in [0.05, 0.1) is 24.5 Å². The standard InChI is InChI=1S/C15H23NO4/c1-11-5-6-14(13(9-11)15(17)18)16(7-8-19-3)12(2)10-20-4/h5-6,9,12H,7-8,10H2,1-4H3,(H,17,18). The van der Waals surface area contributed by atoms with Gasteiger partial charge in [-0.2, -0.15) is 0 Å². The van der Waals surface area contributed by atoms with Crippen LogP contribution in [0.4, 0.5) is 5.69 Å². The highest BCUT2D eigenvalue weighted by molar-refractivity contribution is 5.94. The number of methoxy groups -OCH3 is 2. The third-order valence-electron chi connectivity index (χ3n) is 3.17. The average molecular weight is 281 g/mol. The van der Waals surface area contributed by atoms with Crippen molar-refractivity contribution in [1.29, 1.82) is 0 Å². The van der Waals surface area contributed by atoms with E-state index in [4.69, 9.17) is 9.47 Å². The van der Waals surface area contributed by atoms with E-state index in [0.717, 1.165) is 5.56 Å². The lowest BCUT2D eigenvalue weighted by Gasteiger charge is -2.32. The van der Waals surface area contributed by atoms with Crippen LogP contribution in [-0.2, 0) is 9.47 Å². The first-order chi connectivity index (χ1) is 9.51. The van der Waals surface area contributed by atoms with Crippen LogP contribution in [-0.4, -0.2) is 51.1 Å². The molecule has 1 N–H and O–H groups in total. The molecule has 0 aliphatic rings. The first kappa shape index (κ1) is 16.5. The van der Waals surface area contributed by atoms with Crippen molar-refractivity contribution in [2.24, 2.45) is 0 Å². The van der Waals surface area contributed by atoms with Crippen molar-refractivity contribution in [2.75, 3.05) is 38.9 Å². The summed E-state index contributed by atoms with van der Waals surface area (Å²) < 4.78 is 10.3. The molecule has 20 heavy (non-hydrogen) atoms. The first-order valence-electron chi connectivity index (χ1n) is 6.59. The fourth-order valence-electron chi connectivity index (χ4n) is 2.17. The van der Waals surface area contributed by atoms with Gasteiger partial charge in [0.2, 0.25) is 0 Å². The number of anilines is 1. The summed E-state index contributed by atoms with van der Waals surface area (Å²) in [5.41, 5.74) is 1.94. The maximum absolute atomic E-state index is 11.4. The van der Waals surface area contributed by atoms with E-state index in [1.54, 1.807) is 20.3 Å². The molecule has 0 amide bonds. The molecule has 5 heteroatoms. The van der Waals surface area contributed by atoms with Crippen LogP contribution in [0.15, 0.2) is 18.2 Å². The Balaban J connectivity index is 3.14. The second kappa shape index (κ2) is 7.87. The Morgan fingerprint density at radius 3 is 2.60 bits per heavy atom. The second-order valence-corrected chi connectivity index (χ2v) is 4.82. The normalized spacial score (nSPS) is 12.2. The zero-order valence-electron chi connectivity index (χ0n) is 12.5. The number of carbonyl (C=O) groups is 1. The second-order valence-electron chi connectivity index (χ2n) is 4.82. The van der Waals surface area contributed by atoms with Gasteiger partial charge in [0.25, 0.3) is 0 Å². The molecule has 5 nitrogen and oxygen atoms in total. The fourth-order valence-corrected chi connectivity index (χ4v) is 2.17. The summed E-state index contributed by atoms with van der Waals surface area (Å²) in [6, 6.07) is 5.52. The Bertz CT molecular complexity index is 447. The summed E-state index contributed by atoms with van der Waals surface area (Å²) >= 11 is 0. The molecule has 112 valence electrons. The van der Waals surface area contributed by atoms with Gasteiger partial charge in [-0.15, -0.1) is 0 Å². The number of aryl methyl sites for hydroxylation is 1. The largest absolute Gasteiger partial charge is 0.478 e. The fraction of sp³-hybridized carbons (Fsp3) is 0.533. The number of ether oxygens (including phenoxy) is 2. The molecule has 0 aliphatic heterocycles. The number of benzene rings is 1. The third-order valence-corrected chi connectivity index (χ3v) is 3.17. The van der Waals surface area contributed by atoms with Gasteiger partial charge in [0, 0.05) is 26.8 Å². The van der Waals surface area contributed by atoms with Crippen LogP contribution in [0.1, 0.15) is 22.8 Å². The molecule has 0 aliphatic carbocycles. The van der Waals surface area contributed by atoms with Crippen molar-refractivity contribution >= 4 is 11.7 Å². The summed E-state index contributed by atoms with van der Waals surface area (Å²) in [6.45, 7) is 5.56. The summed E-state index contributed by atoms with van der Waals surface area (Å²) in [7, 11) is 3.27. The lowest BCUT2D eigenvalue weighted by molar-refractivity contribution is 0.0697. The highest BCUT2D eigenvalue weighted by Crippen LogP contribution is 2.24. The van der Waals surface area contributed by atoms with E-state index in [1.165, 1.54) is 0 Å². The number of nitrogens with zero attached hydrogens (tertiary/aromatic N) is 1. The summed E-state index contributed by atoms with van der Waals surface area (Å²) in [5.74, 6) is -0.921. The summed E-state index contributed by atoms with van der Waals surface area (Å²) in [5, 5.41) is 9.39. The third kappa shape index (κ3) is 4.21. The van der Waals surface area contributed by atoms with Gasteiger partial charge in [0.1, 0.15) is 0 Å². The Morgan fingerprint density at radius 1 is 1.35 bits per heavy atom. The lowest BCUT2D eigenvalue weighted by Crippen LogP contribution is -2.39. The molecule has 1 aromatic rings. The van der Waals surface area contributed by atoms with E-state index >= 15 is 0 Å². The van der Waals surface area contributed by atoms with Gasteiger partial charge in [-0.05, 0) is 26.0 Å². The number of rotatable bonds is 8. The zero-order valence-corrected chi connectivity index (χ0v) is 12.5. The monoisotopic (exact) mass is 281 g/mol. The molecular formula is C15H23NO4. The maximum Gasteiger partial charge on any atom is 0.337 e. The maximum atomic E-state index is 11.4. The van der Waals surface area contributed by atoms with E-state index in [1.807, 2.05) is 30.9 Å². The van der Waals surface area contributed by atoms with Gasteiger partial charge in [0.15, 0.2) is 0 Å². The Kier molecular flexibility index (Phi) is 6.48. The van der Waals surface area contributed by atoms with Gasteiger partial charge >= 0.3 is 5.97 Å². The topological polar surface area (TPSA) is 59.0 Å². The van der Waals surface area contributed by atoms with Crippen molar-refractivity contribution in [2.45, 2.75) is 19.9 Å². The first-order valence-corrected chi connectivity index (χ1v) is 6.59. The molecule has 1 unspecified atom stereocenters. The highest BCUT2D eigenvalue weighted by atomic mass is 16.5. The molecule has 0 aromatic heterocycles. The minimum atomic E-state index is -0.921. The molecule has 0 saturated carbocycles. The molecule has 0 spiro atoms. The van der Waals surface area contributed by atoms with E-state index < -0.39 is 5.97 Å². The van der Waals surface area contributed by atoms with Crippen LogP contribution in [0.5, 0.6) is 0 Å². The van der Waals surface area contributed by atoms with Crippen molar-refractivity contribution < 1.29 is 19.4 Å². The average Bonchev–Trinajstić information content (AvgIpc) is 2.40. The van der Waals surface area contributed by atoms with Gasteiger partial charge < -0.3 is 19.5 Å². The quantitative estimate of drug-likeness (QED) is 0.791. The van der Waals surface area contributed by atoms with Gasteiger partial charge in [-0.1, -0.05) is 11.6 Å². The molecule has 0 bridgehead atoms. The molecule has 0 fully saturated rings. The Hall–Kier alpha value is -1.59. The van der Waals surface area contributed by atoms with Crippen LogP contribution in [0.25, 0.3) is 0 Å². The number of aromatic carboxylic acids is 1. The number of hydrogen-bond donors (Lipinski definition) is 1. The minimum absolute atomic E-state index is 0.0657.